The second-order valence-electron chi connectivity index (χ2n) is 3.18. The van der Waals surface area contributed by atoms with Gasteiger partial charge in [0.05, 0.1) is 10.4 Å². The maximum absolute atomic E-state index is 11.1. The van der Waals surface area contributed by atoms with Crippen molar-refractivity contribution in [2.75, 3.05) is 0 Å². The van der Waals surface area contributed by atoms with E-state index < -0.39 is 9.05 Å². The fourth-order valence-electron chi connectivity index (χ4n) is 1.33. The highest BCUT2D eigenvalue weighted by Gasteiger charge is 2.12. The Labute approximate surface area is 102 Å². The first kappa shape index (κ1) is 11.6. The molecule has 0 radical (unpaired) electrons. The summed E-state index contributed by atoms with van der Waals surface area (Å²) in [7, 11) is 1.47. The fourth-order valence-corrected chi connectivity index (χ4v) is 2.38. The van der Waals surface area contributed by atoms with Crippen molar-refractivity contribution >= 4 is 42.2 Å². The number of hydrogen-bond donors (Lipinski definition) is 0. The molecule has 1 aromatic carbocycles. The Morgan fingerprint density at radius 2 is 1.94 bits per heavy atom. The van der Waals surface area contributed by atoms with Crippen molar-refractivity contribution in [2.45, 2.75) is 11.8 Å². The van der Waals surface area contributed by atoms with E-state index in [-0.39, 0.29) is 10.0 Å². The van der Waals surface area contributed by atoms with E-state index in [2.05, 4.69) is 9.97 Å². The molecular weight excluding hydrogens is 271 g/mol. The lowest BCUT2D eigenvalue weighted by Gasteiger charge is -2.02. The Balaban J connectivity index is 2.82. The lowest BCUT2D eigenvalue weighted by molar-refractivity contribution is 0.609. The summed E-state index contributed by atoms with van der Waals surface area (Å²) in [6.07, 6.45) is 0. The third-order valence-corrected chi connectivity index (χ3v) is 3.65. The molecule has 7 heteroatoms. The van der Waals surface area contributed by atoms with Crippen molar-refractivity contribution < 1.29 is 8.42 Å². The zero-order valence-electron chi connectivity index (χ0n) is 8.11. The topological polar surface area (TPSA) is 59.9 Å². The van der Waals surface area contributed by atoms with Gasteiger partial charge in [0.1, 0.15) is 11.0 Å². The Morgan fingerprint density at radius 1 is 1.25 bits per heavy atom. The number of hydrogen-bond acceptors (Lipinski definition) is 4. The van der Waals surface area contributed by atoms with E-state index in [0.29, 0.717) is 16.7 Å². The SMILES string of the molecule is Cc1nc(Cl)c2cc(S(=O)(=O)Cl)ccc2n1. The summed E-state index contributed by atoms with van der Waals surface area (Å²) in [5, 5.41) is 0.679. The standard InChI is InChI=1S/C9H6Cl2N2O2S/c1-5-12-8-3-2-6(16(11,14)15)4-7(8)9(10)13-5/h2-4H,1H3. The van der Waals surface area contributed by atoms with E-state index in [1.165, 1.54) is 12.1 Å². The van der Waals surface area contributed by atoms with E-state index in [1.807, 2.05) is 0 Å². The van der Waals surface area contributed by atoms with E-state index in [9.17, 15) is 8.42 Å². The normalized spacial score (nSPS) is 11.9. The number of fused-ring (bicyclic) bond motifs is 1. The van der Waals surface area contributed by atoms with Crippen molar-refractivity contribution in [1.82, 2.24) is 9.97 Å². The Bertz CT molecular complexity index is 671. The van der Waals surface area contributed by atoms with Gasteiger partial charge in [0.2, 0.25) is 0 Å². The predicted molar refractivity (Wildman–Crippen MR) is 62.3 cm³/mol. The van der Waals surface area contributed by atoms with Crippen LogP contribution in [0.5, 0.6) is 0 Å². The second kappa shape index (κ2) is 3.84. The molecule has 84 valence electrons. The first-order valence-corrected chi connectivity index (χ1v) is 6.95. The van der Waals surface area contributed by atoms with Gasteiger partial charge in [-0.1, -0.05) is 11.6 Å². The minimum atomic E-state index is -3.76. The minimum absolute atomic E-state index is 0.0176. The van der Waals surface area contributed by atoms with Gasteiger partial charge in [0, 0.05) is 16.1 Å². The zero-order chi connectivity index (χ0) is 11.9. The molecule has 0 spiro atoms. The van der Waals surface area contributed by atoms with Gasteiger partial charge in [-0.3, -0.25) is 0 Å². The van der Waals surface area contributed by atoms with Crippen LogP contribution in [0.1, 0.15) is 5.82 Å². The van der Waals surface area contributed by atoms with E-state index in [0.717, 1.165) is 0 Å². The summed E-state index contributed by atoms with van der Waals surface area (Å²) in [6, 6.07) is 4.29. The Morgan fingerprint density at radius 3 is 2.56 bits per heavy atom. The van der Waals surface area contributed by atoms with Gasteiger partial charge in [-0.25, -0.2) is 18.4 Å². The third kappa shape index (κ3) is 2.11. The molecule has 2 rings (SSSR count). The van der Waals surface area contributed by atoms with Gasteiger partial charge in [-0.2, -0.15) is 0 Å². The van der Waals surface area contributed by atoms with Gasteiger partial charge in [0.25, 0.3) is 9.05 Å². The van der Waals surface area contributed by atoms with Gasteiger partial charge in [0.15, 0.2) is 0 Å². The van der Waals surface area contributed by atoms with Crippen molar-refractivity contribution in [1.29, 1.82) is 0 Å². The van der Waals surface area contributed by atoms with E-state index in [4.69, 9.17) is 22.3 Å². The lowest BCUT2D eigenvalue weighted by atomic mass is 10.2. The number of nitrogens with zero attached hydrogens (tertiary/aromatic N) is 2. The molecule has 0 saturated carbocycles. The summed E-state index contributed by atoms with van der Waals surface area (Å²) in [5.41, 5.74) is 0.585. The van der Waals surface area contributed by atoms with Gasteiger partial charge < -0.3 is 0 Å². The molecule has 4 nitrogen and oxygen atoms in total. The predicted octanol–water partition coefficient (Wildman–Crippen LogP) is 2.52. The van der Waals surface area contributed by atoms with E-state index in [1.54, 1.807) is 13.0 Å². The molecule has 0 N–H and O–H groups in total. The average molecular weight is 277 g/mol. The number of aryl methyl sites for hydroxylation is 1. The molecule has 1 heterocycles. The van der Waals surface area contributed by atoms with Gasteiger partial charge in [-0.15, -0.1) is 0 Å². The second-order valence-corrected chi connectivity index (χ2v) is 6.10. The molecule has 0 aliphatic rings. The zero-order valence-corrected chi connectivity index (χ0v) is 10.4. The van der Waals surface area contributed by atoms with Gasteiger partial charge in [-0.05, 0) is 25.1 Å². The maximum atomic E-state index is 11.1. The molecular formula is C9H6Cl2N2O2S. The van der Waals surface area contributed by atoms with Crippen molar-refractivity contribution in [2.24, 2.45) is 0 Å². The monoisotopic (exact) mass is 276 g/mol. The molecule has 0 fully saturated rings. The van der Waals surface area contributed by atoms with Crippen molar-refractivity contribution in [3.63, 3.8) is 0 Å². The number of aromatic nitrogens is 2. The quantitative estimate of drug-likeness (QED) is 0.593. The van der Waals surface area contributed by atoms with Crippen LogP contribution in [-0.2, 0) is 9.05 Å². The smallest absolute Gasteiger partial charge is 0.233 e. The number of halogens is 2. The molecule has 0 amide bonds. The average Bonchev–Trinajstić information content (AvgIpc) is 2.15. The molecule has 16 heavy (non-hydrogen) atoms. The summed E-state index contributed by atoms with van der Waals surface area (Å²) in [6.45, 7) is 1.71. The Kier molecular flexibility index (Phi) is 2.77. The van der Waals surface area contributed by atoms with Crippen LogP contribution in [0.3, 0.4) is 0 Å². The fraction of sp³-hybridized carbons (Fsp3) is 0.111. The van der Waals surface area contributed by atoms with Gasteiger partial charge >= 0.3 is 0 Å². The highest BCUT2D eigenvalue weighted by molar-refractivity contribution is 8.13. The summed E-state index contributed by atoms with van der Waals surface area (Å²) >= 11 is 5.90. The molecule has 2 aromatic rings. The lowest BCUT2D eigenvalue weighted by Crippen LogP contribution is -1.94. The summed E-state index contributed by atoms with van der Waals surface area (Å²) in [4.78, 5) is 8.05. The first-order valence-electron chi connectivity index (χ1n) is 4.26. The molecule has 0 aliphatic carbocycles. The molecule has 0 saturated heterocycles. The van der Waals surface area contributed by atoms with Crippen molar-refractivity contribution in [3.8, 4) is 0 Å². The highest BCUT2D eigenvalue weighted by Crippen LogP contribution is 2.25. The molecule has 0 bridgehead atoms. The molecule has 0 unspecified atom stereocenters. The van der Waals surface area contributed by atoms with Crippen LogP contribution in [0, 0.1) is 6.92 Å². The molecule has 1 aromatic heterocycles. The van der Waals surface area contributed by atoms with Crippen LogP contribution in [0.4, 0.5) is 0 Å². The van der Waals surface area contributed by atoms with Crippen LogP contribution in [0.15, 0.2) is 23.1 Å². The van der Waals surface area contributed by atoms with Crippen molar-refractivity contribution in [3.05, 3.63) is 29.2 Å². The number of benzene rings is 1. The summed E-state index contributed by atoms with van der Waals surface area (Å²) < 4.78 is 22.3. The molecule has 0 atom stereocenters. The third-order valence-electron chi connectivity index (χ3n) is 2.01. The summed E-state index contributed by atoms with van der Waals surface area (Å²) in [5.74, 6) is 0.527. The Hall–Kier alpha value is -0.910. The van der Waals surface area contributed by atoms with Crippen LogP contribution >= 0.6 is 22.3 Å². The largest absolute Gasteiger partial charge is 0.261 e. The minimum Gasteiger partial charge on any atom is -0.233 e. The van der Waals surface area contributed by atoms with Crippen LogP contribution in [0.2, 0.25) is 5.15 Å². The maximum Gasteiger partial charge on any atom is 0.261 e. The highest BCUT2D eigenvalue weighted by atomic mass is 35.7. The van der Waals surface area contributed by atoms with E-state index >= 15 is 0 Å². The number of rotatable bonds is 1. The van der Waals surface area contributed by atoms with Crippen LogP contribution in [-0.4, -0.2) is 18.4 Å². The first-order chi connectivity index (χ1) is 7.38. The van der Waals surface area contributed by atoms with Crippen LogP contribution in [0.25, 0.3) is 10.9 Å². The van der Waals surface area contributed by atoms with Crippen LogP contribution < -0.4 is 0 Å². The molecule has 0 aliphatic heterocycles.